The van der Waals surface area contributed by atoms with Crippen LogP contribution in [-0.2, 0) is 20.2 Å². The minimum atomic E-state index is -4.82. The largest absolute Gasteiger partial charge is 0.657 e. The van der Waals surface area contributed by atoms with E-state index < -0.39 is 25.1 Å². The van der Waals surface area contributed by atoms with Crippen molar-refractivity contribution in [2.75, 3.05) is 7.11 Å². The van der Waals surface area contributed by atoms with Gasteiger partial charge in [-0.15, -0.1) is 11.4 Å². The Labute approximate surface area is 332 Å². The number of hydrogen-bond donors (Lipinski definition) is 2. The van der Waals surface area contributed by atoms with Gasteiger partial charge in [-0.3, -0.25) is 9.11 Å². The van der Waals surface area contributed by atoms with Crippen molar-refractivity contribution in [2.45, 2.75) is 9.79 Å². The summed E-state index contributed by atoms with van der Waals surface area (Å²) in [6.07, 6.45) is 0. The van der Waals surface area contributed by atoms with E-state index >= 15 is 0 Å². The number of rotatable bonds is 7. The predicted molar refractivity (Wildman–Crippen MR) is 194 cm³/mol. The number of methoxy groups -OCH3 is 1. The average Bonchev–Trinajstić information content (AvgIpc) is 3.07. The van der Waals surface area contributed by atoms with E-state index in [0.29, 0.717) is 39.4 Å². The molecule has 0 saturated carbocycles. The summed E-state index contributed by atoms with van der Waals surface area (Å²) in [5.74, 6) is 0.389. The Morgan fingerprint density at radius 1 is 0.740 bits per heavy atom. The molecule has 5 aromatic carbocycles. The van der Waals surface area contributed by atoms with Gasteiger partial charge in [-0.1, -0.05) is 72.8 Å². The molecule has 15 heteroatoms. The molecule has 0 amide bonds. The van der Waals surface area contributed by atoms with Crippen molar-refractivity contribution in [1.29, 1.82) is 0 Å². The van der Waals surface area contributed by atoms with Gasteiger partial charge in [0.1, 0.15) is 21.2 Å². The minimum Gasteiger partial charge on any atom is -0.657 e. The van der Waals surface area contributed by atoms with Crippen molar-refractivity contribution in [3.63, 3.8) is 0 Å². The van der Waals surface area contributed by atoms with E-state index in [0.717, 1.165) is 0 Å². The van der Waals surface area contributed by atoms with Crippen LogP contribution in [0.25, 0.3) is 44.2 Å². The summed E-state index contributed by atoms with van der Waals surface area (Å²) in [4.78, 5) is 8.56. The van der Waals surface area contributed by atoms with Gasteiger partial charge >= 0.3 is 0 Å². The summed E-state index contributed by atoms with van der Waals surface area (Å²) in [6.45, 7) is 0. The Balaban J connectivity index is 0.00000243. The molecule has 50 heavy (non-hydrogen) atoms. The zero-order valence-electron chi connectivity index (χ0n) is 27.1. The second-order valence-electron chi connectivity index (χ2n) is 10.7. The third-order valence-corrected chi connectivity index (χ3v) is 9.50. The minimum absolute atomic E-state index is 0. The topological polar surface area (TPSA) is 162 Å². The van der Waals surface area contributed by atoms with E-state index in [-0.39, 0.29) is 91.7 Å². The maximum absolute atomic E-state index is 12.8. The van der Waals surface area contributed by atoms with Crippen molar-refractivity contribution in [3.8, 4) is 22.8 Å². The number of fused-ring (bicyclic) bond motifs is 4. The first kappa shape index (κ1) is 37.7. The molecule has 0 unspecified atom stereocenters. The fourth-order valence-electron chi connectivity index (χ4n) is 5.70. The van der Waals surface area contributed by atoms with Crippen LogP contribution in [0.4, 0.5) is 17.1 Å². The fourth-order valence-corrected chi connectivity index (χ4v) is 7.05. The zero-order chi connectivity index (χ0) is 33.6. The molecule has 2 radical (unpaired) electrons. The number of para-hydroxylation sites is 4. The smallest absolute Gasteiger partial charge is 0.296 e. The summed E-state index contributed by atoms with van der Waals surface area (Å²) in [5.41, 5.74) is 3.14. The van der Waals surface area contributed by atoms with Crippen LogP contribution in [0, 0.1) is 0 Å². The van der Waals surface area contributed by atoms with Crippen LogP contribution in [0.1, 0.15) is 0 Å². The summed E-state index contributed by atoms with van der Waals surface area (Å²) in [7, 11) is -8.06. The SMILES string of the molecule is COc1ccccc1N=c1cc2n(-c3ccccc3)c3cc([N-]c4ccccc4)c4c(S(=O)(=O)O)cccc4c3nc-2cc1S(=O)(=O)O.[Na].[Na]. The maximum atomic E-state index is 12.8. The van der Waals surface area contributed by atoms with Gasteiger partial charge < -0.3 is 14.6 Å². The Morgan fingerprint density at radius 3 is 2.04 bits per heavy atom. The van der Waals surface area contributed by atoms with Crippen molar-refractivity contribution < 1.29 is 30.7 Å². The van der Waals surface area contributed by atoms with Crippen molar-refractivity contribution >= 4 is 118 Å². The molecule has 1 aliphatic carbocycles. The predicted octanol–water partition coefficient (Wildman–Crippen LogP) is 6.59. The van der Waals surface area contributed by atoms with Crippen molar-refractivity contribution in [3.05, 3.63) is 132 Å². The second-order valence-corrected chi connectivity index (χ2v) is 13.5. The molecule has 0 atom stereocenters. The van der Waals surface area contributed by atoms with E-state index in [4.69, 9.17) is 15.0 Å². The molecular weight excluding hydrogens is 699 g/mol. The second kappa shape index (κ2) is 14.9. The van der Waals surface area contributed by atoms with Crippen molar-refractivity contribution in [1.82, 2.24) is 9.55 Å². The fraction of sp³-hybridized carbons (Fsp3) is 0.0286. The normalized spacial score (nSPS) is 12.0. The molecule has 5 aromatic rings. The molecule has 0 spiro atoms. The van der Waals surface area contributed by atoms with E-state index in [2.05, 4.69) is 4.99 Å². The Bertz CT molecular complexity index is 2640. The van der Waals surface area contributed by atoms with Gasteiger partial charge in [0.15, 0.2) is 0 Å². The van der Waals surface area contributed by atoms with Crippen molar-refractivity contribution in [2.24, 2.45) is 4.99 Å². The van der Waals surface area contributed by atoms with Crippen LogP contribution in [0.3, 0.4) is 0 Å². The first-order valence-corrected chi connectivity index (χ1v) is 17.3. The van der Waals surface area contributed by atoms with Crippen LogP contribution in [-0.4, -0.2) is 102 Å². The van der Waals surface area contributed by atoms with Gasteiger partial charge in [0.05, 0.1) is 34.9 Å². The first-order chi connectivity index (χ1) is 23.0. The molecular formula is C35H25N4Na2O7S2-. The van der Waals surface area contributed by atoms with E-state index in [1.165, 1.54) is 31.4 Å². The van der Waals surface area contributed by atoms with Gasteiger partial charge in [-0.05, 0) is 53.9 Å². The van der Waals surface area contributed by atoms with E-state index in [1.54, 1.807) is 60.7 Å². The molecule has 1 heterocycles. The molecule has 0 bridgehead atoms. The maximum Gasteiger partial charge on any atom is 0.296 e. The van der Waals surface area contributed by atoms with Crippen LogP contribution in [0.2, 0.25) is 0 Å². The summed E-state index contributed by atoms with van der Waals surface area (Å²) >= 11 is 0. The van der Waals surface area contributed by atoms with E-state index in [1.807, 2.05) is 41.0 Å². The monoisotopic (exact) mass is 723 g/mol. The van der Waals surface area contributed by atoms with Gasteiger partial charge in [0.25, 0.3) is 20.2 Å². The number of ether oxygens (including phenoxy) is 1. The summed E-state index contributed by atoms with van der Waals surface area (Å²) < 4.78 is 78.7. The Morgan fingerprint density at radius 2 is 1.38 bits per heavy atom. The number of nitrogens with zero attached hydrogens (tertiary/aromatic N) is 4. The quantitative estimate of drug-likeness (QED) is 0.0806. The Kier molecular flexibility index (Phi) is 11.2. The molecule has 1 aliphatic heterocycles. The Hall–Kier alpha value is -3.60. The van der Waals surface area contributed by atoms with Gasteiger partial charge in [0, 0.05) is 70.2 Å². The molecule has 0 saturated heterocycles. The number of hydrogen-bond acceptors (Lipinski definition) is 7. The molecule has 11 nitrogen and oxygen atoms in total. The van der Waals surface area contributed by atoms with Gasteiger partial charge in [-0.25, -0.2) is 9.98 Å². The first-order valence-electron chi connectivity index (χ1n) is 14.4. The van der Waals surface area contributed by atoms with Gasteiger partial charge in [0.2, 0.25) is 0 Å². The standard InChI is InChI=1S/C35H25N4O7S2.2Na/c1-46-31-17-9-8-16-25(31)37-27-19-29-26(21-33(27)48(43,44)45)38-35-24-15-10-18-32(47(40,41)42)34(24)28(36-22-11-4-2-5-12-22)20-30(35)39(29)23-13-6-3-7-14-23;;/h2-21H,1H3,(H,40,41,42)(H,43,44,45);;/q-1;;. The molecule has 242 valence electrons. The average molecular weight is 724 g/mol. The molecule has 7 rings (SSSR count). The molecule has 0 fully saturated rings. The van der Waals surface area contributed by atoms with Crippen LogP contribution < -0.4 is 10.1 Å². The zero-order valence-corrected chi connectivity index (χ0v) is 32.7. The molecule has 0 aromatic heterocycles. The summed E-state index contributed by atoms with van der Waals surface area (Å²) in [5, 5.41) is 5.18. The summed E-state index contributed by atoms with van der Waals surface area (Å²) in [6, 6.07) is 33.8. The number of aromatic nitrogens is 2. The third-order valence-electron chi connectivity index (χ3n) is 7.73. The molecule has 2 aliphatic rings. The third kappa shape index (κ3) is 7.25. The van der Waals surface area contributed by atoms with Crippen LogP contribution in [0.5, 0.6) is 5.75 Å². The molecule has 2 N–H and O–H groups in total. The van der Waals surface area contributed by atoms with E-state index in [9.17, 15) is 25.9 Å². The van der Waals surface area contributed by atoms with Crippen LogP contribution in [0.15, 0.2) is 136 Å². The van der Waals surface area contributed by atoms with Crippen LogP contribution >= 0.6 is 0 Å². The van der Waals surface area contributed by atoms with Gasteiger partial charge in [-0.2, -0.15) is 16.8 Å². The number of benzene rings is 6.